The average Bonchev–Trinajstić information content (AvgIpc) is 2.83. The molecule has 4 nitrogen and oxygen atoms in total. The number of aliphatic hydroxyl groups is 1. The van der Waals surface area contributed by atoms with Crippen LogP contribution in [0.3, 0.4) is 0 Å². The maximum Gasteiger partial charge on any atom is 0.267 e. The second-order valence-electron chi connectivity index (χ2n) is 5.25. The van der Waals surface area contributed by atoms with Crippen molar-refractivity contribution in [2.24, 2.45) is 0 Å². The number of halogens is 2. The molecule has 0 fully saturated rings. The normalized spacial score (nSPS) is 13.6. The van der Waals surface area contributed by atoms with Gasteiger partial charge in [-0.25, -0.2) is 0 Å². The van der Waals surface area contributed by atoms with Gasteiger partial charge in [-0.2, -0.15) is 0 Å². The SMILES string of the molecule is CC(O)CC(CNC(=O)c1cc(Cl)c(Cl)[nH]1)c1ccccc1. The first-order valence-electron chi connectivity index (χ1n) is 7.02. The number of amides is 1. The third-order valence-corrected chi connectivity index (χ3v) is 4.07. The molecule has 1 aromatic heterocycles. The molecular formula is C16H18Cl2N2O2. The Kier molecular flexibility index (Phi) is 5.89. The van der Waals surface area contributed by atoms with Gasteiger partial charge in [0.05, 0.1) is 11.1 Å². The van der Waals surface area contributed by atoms with Crippen LogP contribution >= 0.6 is 23.2 Å². The number of rotatable bonds is 6. The largest absolute Gasteiger partial charge is 0.393 e. The predicted octanol–water partition coefficient (Wildman–Crippen LogP) is 3.61. The van der Waals surface area contributed by atoms with Crippen LogP contribution in [0.4, 0.5) is 0 Å². The average molecular weight is 341 g/mol. The van der Waals surface area contributed by atoms with Gasteiger partial charge in [-0.15, -0.1) is 0 Å². The van der Waals surface area contributed by atoms with Crippen LogP contribution in [0.5, 0.6) is 0 Å². The highest BCUT2D eigenvalue weighted by Crippen LogP contribution is 2.23. The maximum absolute atomic E-state index is 12.1. The number of H-pyrrole nitrogens is 1. The highest BCUT2D eigenvalue weighted by molar-refractivity contribution is 6.41. The van der Waals surface area contributed by atoms with Gasteiger partial charge in [0.2, 0.25) is 0 Å². The van der Waals surface area contributed by atoms with Crippen molar-refractivity contribution in [2.75, 3.05) is 6.54 Å². The third kappa shape index (κ3) is 4.50. The van der Waals surface area contributed by atoms with E-state index in [0.717, 1.165) is 5.56 Å². The quantitative estimate of drug-likeness (QED) is 0.752. The van der Waals surface area contributed by atoms with Crippen LogP contribution in [0.2, 0.25) is 10.2 Å². The molecule has 0 aliphatic rings. The van der Waals surface area contributed by atoms with Crippen molar-refractivity contribution in [3.8, 4) is 0 Å². The smallest absolute Gasteiger partial charge is 0.267 e. The summed E-state index contributed by atoms with van der Waals surface area (Å²) < 4.78 is 0. The molecule has 3 N–H and O–H groups in total. The third-order valence-electron chi connectivity index (χ3n) is 3.38. The van der Waals surface area contributed by atoms with E-state index in [0.29, 0.717) is 23.7 Å². The zero-order chi connectivity index (χ0) is 16.1. The highest BCUT2D eigenvalue weighted by atomic mass is 35.5. The lowest BCUT2D eigenvalue weighted by atomic mass is 9.93. The first-order valence-corrected chi connectivity index (χ1v) is 7.78. The van der Waals surface area contributed by atoms with E-state index < -0.39 is 6.10 Å². The van der Waals surface area contributed by atoms with Crippen LogP contribution in [-0.2, 0) is 0 Å². The van der Waals surface area contributed by atoms with E-state index in [1.165, 1.54) is 6.07 Å². The van der Waals surface area contributed by atoms with Crippen molar-refractivity contribution < 1.29 is 9.90 Å². The van der Waals surface area contributed by atoms with Gasteiger partial charge in [0.25, 0.3) is 5.91 Å². The van der Waals surface area contributed by atoms with Gasteiger partial charge in [0.15, 0.2) is 0 Å². The Hall–Kier alpha value is -1.49. The van der Waals surface area contributed by atoms with E-state index in [4.69, 9.17) is 23.2 Å². The molecule has 2 aromatic rings. The van der Waals surface area contributed by atoms with Gasteiger partial charge in [-0.3, -0.25) is 4.79 Å². The minimum atomic E-state index is -0.448. The van der Waals surface area contributed by atoms with Crippen LogP contribution in [-0.4, -0.2) is 28.6 Å². The van der Waals surface area contributed by atoms with Crippen LogP contribution in [0.15, 0.2) is 36.4 Å². The molecule has 118 valence electrons. The lowest BCUT2D eigenvalue weighted by Crippen LogP contribution is -2.30. The summed E-state index contributed by atoms with van der Waals surface area (Å²) in [5, 5.41) is 13.1. The molecule has 1 aromatic carbocycles. The fourth-order valence-electron chi connectivity index (χ4n) is 2.31. The topological polar surface area (TPSA) is 65.1 Å². The van der Waals surface area contributed by atoms with Crippen LogP contribution in [0.25, 0.3) is 0 Å². The highest BCUT2D eigenvalue weighted by Gasteiger charge is 2.17. The van der Waals surface area contributed by atoms with Crippen molar-refractivity contribution in [2.45, 2.75) is 25.4 Å². The summed E-state index contributed by atoms with van der Waals surface area (Å²) in [4.78, 5) is 14.8. The number of benzene rings is 1. The van der Waals surface area contributed by atoms with Crippen molar-refractivity contribution in [3.05, 3.63) is 57.8 Å². The van der Waals surface area contributed by atoms with Crippen molar-refractivity contribution in [1.29, 1.82) is 0 Å². The summed E-state index contributed by atoms with van der Waals surface area (Å²) in [7, 11) is 0. The molecule has 1 heterocycles. The van der Waals surface area contributed by atoms with E-state index in [1.54, 1.807) is 6.92 Å². The number of hydrogen-bond donors (Lipinski definition) is 3. The van der Waals surface area contributed by atoms with Crippen molar-refractivity contribution >= 4 is 29.1 Å². The first-order chi connectivity index (χ1) is 10.5. The van der Waals surface area contributed by atoms with Gasteiger partial charge < -0.3 is 15.4 Å². The summed E-state index contributed by atoms with van der Waals surface area (Å²) >= 11 is 11.6. The molecule has 22 heavy (non-hydrogen) atoms. The van der Waals surface area contributed by atoms with E-state index >= 15 is 0 Å². The summed E-state index contributed by atoms with van der Waals surface area (Å²) in [6.45, 7) is 2.16. The van der Waals surface area contributed by atoms with Gasteiger partial charge in [0.1, 0.15) is 10.8 Å². The molecule has 0 saturated heterocycles. The molecule has 0 aliphatic carbocycles. The molecule has 6 heteroatoms. The number of aromatic amines is 1. The number of aliphatic hydroxyl groups excluding tert-OH is 1. The predicted molar refractivity (Wildman–Crippen MR) is 88.6 cm³/mol. The second kappa shape index (κ2) is 7.68. The van der Waals surface area contributed by atoms with E-state index in [1.807, 2.05) is 30.3 Å². The number of aromatic nitrogens is 1. The number of hydrogen-bond acceptors (Lipinski definition) is 2. The molecular weight excluding hydrogens is 323 g/mol. The lowest BCUT2D eigenvalue weighted by Gasteiger charge is -2.19. The van der Waals surface area contributed by atoms with E-state index in [-0.39, 0.29) is 17.0 Å². The van der Waals surface area contributed by atoms with Crippen molar-refractivity contribution in [3.63, 3.8) is 0 Å². The first kappa shape index (κ1) is 16.9. The summed E-state index contributed by atoms with van der Waals surface area (Å²) in [5.74, 6) is -0.244. The molecule has 2 rings (SSSR count). The monoisotopic (exact) mass is 340 g/mol. The van der Waals surface area contributed by atoms with E-state index in [2.05, 4.69) is 10.3 Å². The molecule has 0 bridgehead atoms. The zero-order valence-electron chi connectivity index (χ0n) is 12.1. The molecule has 2 unspecified atom stereocenters. The standard InChI is InChI=1S/C16H18Cl2N2O2/c1-10(21)7-12(11-5-3-2-4-6-11)9-19-16(22)14-8-13(17)15(18)20-14/h2-6,8,10,12,20-21H,7,9H2,1H3,(H,19,22). The van der Waals surface area contributed by atoms with Gasteiger partial charge in [0, 0.05) is 12.5 Å². The minimum Gasteiger partial charge on any atom is -0.393 e. The number of carbonyl (C=O) groups is 1. The minimum absolute atomic E-state index is 0.0334. The Morgan fingerprint density at radius 2 is 2.00 bits per heavy atom. The Morgan fingerprint density at radius 3 is 2.55 bits per heavy atom. The van der Waals surface area contributed by atoms with Crippen LogP contribution in [0.1, 0.15) is 35.3 Å². The molecule has 1 amide bonds. The number of nitrogens with one attached hydrogen (secondary N) is 2. The molecule has 0 radical (unpaired) electrons. The van der Waals surface area contributed by atoms with E-state index in [9.17, 15) is 9.90 Å². The Balaban J connectivity index is 2.03. The van der Waals surface area contributed by atoms with Crippen molar-refractivity contribution in [1.82, 2.24) is 10.3 Å². The fourth-order valence-corrected chi connectivity index (χ4v) is 2.62. The molecule has 0 saturated carbocycles. The van der Waals surface area contributed by atoms with Crippen LogP contribution in [0, 0.1) is 0 Å². The Bertz CT molecular complexity index is 607. The summed E-state index contributed by atoms with van der Waals surface area (Å²) in [6, 6.07) is 11.3. The Morgan fingerprint density at radius 1 is 1.32 bits per heavy atom. The second-order valence-corrected chi connectivity index (χ2v) is 6.03. The maximum atomic E-state index is 12.1. The molecule has 0 aliphatic heterocycles. The Labute approximate surface area is 139 Å². The van der Waals surface area contributed by atoms with Gasteiger partial charge >= 0.3 is 0 Å². The number of carbonyl (C=O) groups excluding carboxylic acids is 1. The van der Waals surface area contributed by atoms with Gasteiger partial charge in [-0.1, -0.05) is 53.5 Å². The van der Waals surface area contributed by atoms with Gasteiger partial charge in [-0.05, 0) is 25.0 Å². The van der Waals surface area contributed by atoms with Crippen LogP contribution < -0.4 is 5.32 Å². The summed E-state index contributed by atoms with van der Waals surface area (Å²) in [5.41, 5.74) is 1.39. The lowest BCUT2D eigenvalue weighted by molar-refractivity contribution is 0.0941. The molecule has 2 atom stereocenters. The fraction of sp³-hybridized carbons (Fsp3) is 0.312. The summed E-state index contributed by atoms with van der Waals surface area (Å²) in [6.07, 6.45) is 0.118. The zero-order valence-corrected chi connectivity index (χ0v) is 13.7. The molecule has 0 spiro atoms.